The number of carbonyl (C=O) groups excluding carboxylic acids is 1. The van der Waals surface area contributed by atoms with E-state index < -0.39 is 29.7 Å². The molecule has 240 valence electrons. The lowest BCUT2D eigenvalue weighted by Gasteiger charge is -2.23. The summed E-state index contributed by atoms with van der Waals surface area (Å²) in [6.07, 6.45) is 11.5. The third-order valence-electron chi connectivity index (χ3n) is 6.96. The van der Waals surface area contributed by atoms with Crippen LogP contribution < -0.4 is 0 Å². The number of carboxylic acid groups (broad SMARTS) is 3. The Morgan fingerprint density at radius 3 is 1.93 bits per heavy atom. The summed E-state index contributed by atoms with van der Waals surface area (Å²) < 4.78 is 4.88. The van der Waals surface area contributed by atoms with Crippen LogP contribution in [0.25, 0.3) is 0 Å². The number of aliphatic carboxylic acids is 2. The third kappa shape index (κ3) is 19.8. The van der Waals surface area contributed by atoms with Crippen molar-refractivity contribution in [2.24, 2.45) is 17.8 Å². The number of hydrogen-bond acceptors (Lipinski definition) is 5. The third-order valence-corrected chi connectivity index (χ3v) is 6.96. The molecule has 8 heteroatoms. The Balaban J connectivity index is 0. The molecule has 1 aromatic rings. The Kier molecular flexibility index (Phi) is 23.8. The molecular formula is C34H56O8. The van der Waals surface area contributed by atoms with Crippen molar-refractivity contribution < 1.29 is 39.2 Å². The van der Waals surface area contributed by atoms with Crippen LogP contribution in [-0.4, -0.2) is 45.8 Å². The lowest BCUT2D eigenvalue weighted by Crippen LogP contribution is -2.31. The van der Waals surface area contributed by atoms with Crippen molar-refractivity contribution in [2.75, 3.05) is 6.61 Å². The Labute approximate surface area is 253 Å². The summed E-state index contributed by atoms with van der Waals surface area (Å²) in [5.41, 5.74) is 3.26. The van der Waals surface area contributed by atoms with Crippen LogP contribution in [0.3, 0.4) is 0 Å². The molecule has 0 saturated heterocycles. The number of benzene rings is 1. The number of carboxylic acids is 3. The summed E-state index contributed by atoms with van der Waals surface area (Å²) in [4.78, 5) is 42.6. The molecule has 0 spiro atoms. The minimum atomic E-state index is -1.02. The van der Waals surface area contributed by atoms with Gasteiger partial charge in [-0.2, -0.15) is 0 Å². The Hall–Kier alpha value is -3.16. The van der Waals surface area contributed by atoms with E-state index in [-0.39, 0.29) is 5.97 Å². The Bertz CT molecular complexity index is 966. The first kappa shape index (κ1) is 41.0. The van der Waals surface area contributed by atoms with E-state index in [1.165, 1.54) is 25.7 Å². The second-order valence-electron chi connectivity index (χ2n) is 11.0. The van der Waals surface area contributed by atoms with Gasteiger partial charge in [-0.1, -0.05) is 96.1 Å². The summed E-state index contributed by atoms with van der Waals surface area (Å²) in [6.45, 7) is 17.1. The topological polar surface area (TPSA) is 138 Å². The predicted molar refractivity (Wildman–Crippen MR) is 168 cm³/mol. The molecule has 42 heavy (non-hydrogen) atoms. The molecule has 0 aromatic heterocycles. The van der Waals surface area contributed by atoms with E-state index in [2.05, 4.69) is 27.7 Å². The van der Waals surface area contributed by atoms with Gasteiger partial charge in [-0.15, -0.1) is 0 Å². The molecule has 0 bridgehead atoms. The molecule has 1 aromatic carbocycles. The molecule has 0 heterocycles. The first-order valence-electron chi connectivity index (χ1n) is 15.3. The summed E-state index contributed by atoms with van der Waals surface area (Å²) in [5.74, 6) is -3.52. The van der Waals surface area contributed by atoms with Gasteiger partial charge in [0, 0.05) is 6.42 Å². The van der Waals surface area contributed by atoms with Crippen LogP contribution in [0.1, 0.15) is 127 Å². The van der Waals surface area contributed by atoms with Crippen molar-refractivity contribution in [1.29, 1.82) is 0 Å². The maximum absolute atomic E-state index is 10.7. The zero-order valence-electron chi connectivity index (χ0n) is 27.2. The van der Waals surface area contributed by atoms with Crippen molar-refractivity contribution in [1.82, 2.24) is 0 Å². The second-order valence-corrected chi connectivity index (χ2v) is 11.0. The van der Waals surface area contributed by atoms with Crippen LogP contribution in [0, 0.1) is 31.6 Å². The molecule has 2 rings (SSSR count). The van der Waals surface area contributed by atoms with Crippen molar-refractivity contribution in [3.8, 4) is 0 Å². The largest absolute Gasteiger partial charge is 0.481 e. The fraction of sp³-hybridized carbons (Fsp3) is 0.647. The van der Waals surface area contributed by atoms with Gasteiger partial charge >= 0.3 is 23.9 Å². The number of unbranched alkanes of at least 4 members (excludes halogenated alkanes) is 2. The fourth-order valence-corrected chi connectivity index (χ4v) is 4.01. The Morgan fingerprint density at radius 2 is 1.48 bits per heavy atom. The van der Waals surface area contributed by atoms with Crippen molar-refractivity contribution in [3.63, 3.8) is 0 Å². The molecule has 1 aliphatic carbocycles. The van der Waals surface area contributed by atoms with Gasteiger partial charge in [0.2, 0.25) is 0 Å². The van der Waals surface area contributed by atoms with E-state index in [0.717, 1.165) is 41.9 Å². The number of ether oxygens (including phenoxy) is 1. The van der Waals surface area contributed by atoms with Gasteiger partial charge in [0.15, 0.2) is 0 Å². The Morgan fingerprint density at radius 1 is 0.881 bits per heavy atom. The second kappa shape index (κ2) is 24.4. The zero-order chi connectivity index (χ0) is 32.7. The van der Waals surface area contributed by atoms with Crippen LogP contribution in [0.2, 0.25) is 0 Å². The number of allylic oxidation sites excluding steroid dienone is 2. The number of carbonyl (C=O) groups is 4. The maximum Gasteiger partial charge on any atom is 0.335 e. The van der Waals surface area contributed by atoms with Crippen LogP contribution in [0.4, 0.5) is 0 Å². The SMILES string of the molecule is CC1=CCC(C(=O)O)C(C(=O)O)C1.CCCCC(C)CC.CCCCOC(=O)CCC.Cc1ccc(C(=O)O)c(C)c1. The van der Waals surface area contributed by atoms with E-state index in [4.69, 9.17) is 20.1 Å². The van der Waals surface area contributed by atoms with E-state index in [1.807, 2.05) is 26.8 Å². The highest BCUT2D eigenvalue weighted by Crippen LogP contribution is 2.29. The van der Waals surface area contributed by atoms with Crippen LogP contribution >= 0.6 is 0 Å². The van der Waals surface area contributed by atoms with Gasteiger partial charge in [0.1, 0.15) is 0 Å². The van der Waals surface area contributed by atoms with Gasteiger partial charge < -0.3 is 20.1 Å². The first-order chi connectivity index (χ1) is 19.7. The molecule has 1 aliphatic rings. The standard InChI is InChI=1S/C9H12O4.C9H10O2.C8H16O2.C8H18/c1-5-2-3-6(8(10)11)7(4-5)9(12)13;1-6-3-4-8(9(10)11)7(2)5-6;1-3-5-7-10-8(9)6-4-2;1-4-6-7-8(3)5-2/h2,6-7H,3-4H2,1H3,(H,10,11)(H,12,13);3-5H,1-2H3,(H,10,11);3-7H2,1-2H3;8H,4-7H2,1-3H3. The van der Waals surface area contributed by atoms with Gasteiger partial charge in [-0.3, -0.25) is 14.4 Å². The smallest absolute Gasteiger partial charge is 0.335 e. The van der Waals surface area contributed by atoms with E-state index in [1.54, 1.807) is 25.1 Å². The fourth-order valence-electron chi connectivity index (χ4n) is 4.01. The summed E-state index contributed by atoms with van der Waals surface area (Å²) >= 11 is 0. The van der Waals surface area contributed by atoms with Crippen LogP contribution in [0.5, 0.6) is 0 Å². The molecule has 0 amide bonds. The normalized spacial score (nSPS) is 16.0. The molecule has 0 radical (unpaired) electrons. The molecule has 3 atom stereocenters. The van der Waals surface area contributed by atoms with Crippen LogP contribution in [0.15, 0.2) is 29.8 Å². The summed E-state index contributed by atoms with van der Waals surface area (Å²) in [7, 11) is 0. The highest BCUT2D eigenvalue weighted by atomic mass is 16.5. The molecule has 0 fully saturated rings. The van der Waals surface area contributed by atoms with E-state index in [9.17, 15) is 19.2 Å². The highest BCUT2D eigenvalue weighted by Gasteiger charge is 2.35. The van der Waals surface area contributed by atoms with Gasteiger partial charge in [-0.25, -0.2) is 4.79 Å². The molecule has 3 unspecified atom stereocenters. The first-order valence-corrected chi connectivity index (χ1v) is 15.3. The van der Waals surface area contributed by atoms with E-state index >= 15 is 0 Å². The molecular weight excluding hydrogens is 536 g/mol. The molecule has 8 nitrogen and oxygen atoms in total. The van der Waals surface area contributed by atoms with Crippen LogP contribution in [-0.2, 0) is 19.1 Å². The maximum atomic E-state index is 10.7. The number of rotatable bonds is 12. The summed E-state index contributed by atoms with van der Waals surface area (Å²) in [6, 6.07) is 5.30. The quantitative estimate of drug-likeness (QED) is 0.125. The van der Waals surface area contributed by atoms with Crippen molar-refractivity contribution >= 4 is 23.9 Å². The average Bonchev–Trinajstić information content (AvgIpc) is 2.92. The number of esters is 1. The average molecular weight is 593 g/mol. The minimum Gasteiger partial charge on any atom is -0.481 e. The van der Waals surface area contributed by atoms with Crippen molar-refractivity contribution in [2.45, 2.75) is 120 Å². The van der Waals surface area contributed by atoms with E-state index in [0.29, 0.717) is 31.4 Å². The number of hydrogen-bond donors (Lipinski definition) is 3. The molecule has 3 N–H and O–H groups in total. The predicted octanol–water partition coefficient (Wildman–Crippen LogP) is 8.48. The minimum absolute atomic E-state index is 0.0593. The van der Waals surface area contributed by atoms with Gasteiger partial charge in [0.25, 0.3) is 0 Å². The lowest BCUT2D eigenvalue weighted by atomic mass is 9.80. The molecule has 0 saturated carbocycles. The highest BCUT2D eigenvalue weighted by molar-refractivity contribution is 5.89. The summed E-state index contributed by atoms with van der Waals surface area (Å²) in [5, 5.41) is 26.2. The van der Waals surface area contributed by atoms with Gasteiger partial charge in [0.05, 0.1) is 24.0 Å². The number of aromatic carboxylic acids is 1. The lowest BCUT2D eigenvalue weighted by molar-refractivity contribution is -0.153. The zero-order valence-corrected chi connectivity index (χ0v) is 27.2. The van der Waals surface area contributed by atoms with Crippen molar-refractivity contribution in [3.05, 3.63) is 46.5 Å². The monoisotopic (exact) mass is 592 g/mol. The number of aryl methyl sites for hydroxylation is 2. The van der Waals surface area contributed by atoms with Gasteiger partial charge in [-0.05, 0) is 64.0 Å². The molecule has 0 aliphatic heterocycles.